The standard InChI is InChI=1S/C22H30N2O2/c1-22(2,3)18-8-12-20(13-9-18)26-16-21(25)23-15-14-17-6-10-19(11-7-17)24(4)5/h6-13H,14-16H2,1-5H3,(H,23,25). The summed E-state index contributed by atoms with van der Waals surface area (Å²) < 4.78 is 5.56. The topological polar surface area (TPSA) is 41.6 Å². The van der Waals surface area contributed by atoms with Gasteiger partial charge in [0.05, 0.1) is 0 Å². The molecule has 1 N–H and O–H groups in total. The van der Waals surface area contributed by atoms with Crippen molar-refractivity contribution in [2.24, 2.45) is 0 Å². The van der Waals surface area contributed by atoms with E-state index in [-0.39, 0.29) is 17.9 Å². The van der Waals surface area contributed by atoms with E-state index in [9.17, 15) is 4.79 Å². The zero-order valence-electron chi connectivity index (χ0n) is 16.5. The van der Waals surface area contributed by atoms with Gasteiger partial charge in [-0.2, -0.15) is 0 Å². The number of hydrogen-bond acceptors (Lipinski definition) is 3. The molecule has 140 valence electrons. The van der Waals surface area contributed by atoms with E-state index in [0.29, 0.717) is 12.3 Å². The molecular weight excluding hydrogens is 324 g/mol. The van der Waals surface area contributed by atoms with Crippen LogP contribution in [0.15, 0.2) is 48.5 Å². The van der Waals surface area contributed by atoms with E-state index in [2.05, 4.69) is 55.3 Å². The molecule has 2 aromatic rings. The van der Waals surface area contributed by atoms with E-state index in [0.717, 1.165) is 6.42 Å². The second-order valence-electron chi connectivity index (χ2n) is 7.72. The maximum Gasteiger partial charge on any atom is 0.257 e. The van der Waals surface area contributed by atoms with Gasteiger partial charge >= 0.3 is 0 Å². The molecule has 0 radical (unpaired) electrons. The van der Waals surface area contributed by atoms with Crippen LogP contribution in [0.3, 0.4) is 0 Å². The second-order valence-corrected chi connectivity index (χ2v) is 7.72. The number of carbonyl (C=O) groups excluding carboxylic acids is 1. The fourth-order valence-corrected chi connectivity index (χ4v) is 2.56. The summed E-state index contributed by atoms with van der Waals surface area (Å²) >= 11 is 0. The Morgan fingerprint density at radius 1 is 1.00 bits per heavy atom. The highest BCUT2D eigenvalue weighted by Gasteiger charge is 2.13. The Balaban J connectivity index is 1.72. The third-order valence-corrected chi connectivity index (χ3v) is 4.28. The molecular formula is C22H30N2O2. The summed E-state index contributed by atoms with van der Waals surface area (Å²) in [4.78, 5) is 14.0. The van der Waals surface area contributed by atoms with Crippen molar-refractivity contribution in [1.82, 2.24) is 5.32 Å². The maximum atomic E-state index is 11.9. The van der Waals surface area contributed by atoms with Crippen molar-refractivity contribution in [2.75, 3.05) is 32.1 Å². The fourth-order valence-electron chi connectivity index (χ4n) is 2.56. The minimum absolute atomic E-state index is 0.0361. The lowest BCUT2D eigenvalue weighted by atomic mass is 9.87. The first-order valence-corrected chi connectivity index (χ1v) is 9.02. The number of nitrogens with zero attached hydrogens (tertiary/aromatic N) is 1. The summed E-state index contributed by atoms with van der Waals surface area (Å²) in [5.74, 6) is 0.613. The Bertz CT molecular complexity index is 698. The molecule has 2 rings (SSSR count). The second kappa shape index (κ2) is 8.75. The number of nitrogens with one attached hydrogen (secondary N) is 1. The monoisotopic (exact) mass is 354 g/mol. The van der Waals surface area contributed by atoms with Crippen molar-refractivity contribution in [1.29, 1.82) is 0 Å². The maximum absolute atomic E-state index is 11.9. The van der Waals surface area contributed by atoms with Crippen LogP contribution in [-0.2, 0) is 16.6 Å². The lowest BCUT2D eigenvalue weighted by Gasteiger charge is -2.19. The van der Waals surface area contributed by atoms with Crippen LogP contribution >= 0.6 is 0 Å². The highest BCUT2D eigenvalue weighted by molar-refractivity contribution is 5.77. The molecule has 1 amide bonds. The molecule has 0 fully saturated rings. The van der Waals surface area contributed by atoms with E-state index < -0.39 is 0 Å². The first-order valence-electron chi connectivity index (χ1n) is 9.02. The first kappa shape index (κ1) is 19.8. The van der Waals surface area contributed by atoms with E-state index in [1.54, 1.807) is 0 Å². The number of amides is 1. The zero-order chi connectivity index (χ0) is 19.2. The SMILES string of the molecule is CN(C)c1ccc(CCNC(=O)COc2ccc(C(C)(C)C)cc2)cc1. The number of ether oxygens (including phenoxy) is 1. The molecule has 0 spiro atoms. The molecule has 0 aliphatic heterocycles. The number of rotatable bonds is 7. The van der Waals surface area contributed by atoms with Crippen LogP contribution in [0.5, 0.6) is 5.75 Å². The fraction of sp³-hybridized carbons (Fsp3) is 0.409. The van der Waals surface area contributed by atoms with Gasteiger partial charge in [0.15, 0.2) is 6.61 Å². The number of hydrogen-bond donors (Lipinski definition) is 1. The van der Waals surface area contributed by atoms with Crippen LogP contribution in [0.1, 0.15) is 31.9 Å². The van der Waals surface area contributed by atoms with E-state index in [1.807, 2.05) is 38.4 Å². The Morgan fingerprint density at radius 3 is 2.15 bits per heavy atom. The molecule has 0 saturated carbocycles. The highest BCUT2D eigenvalue weighted by atomic mass is 16.5. The minimum Gasteiger partial charge on any atom is -0.484 e. The van der Waals surface area contributed by atoms with Gasteiger partial charge in [0.25, 0.3) is 5.91 Å². The van der Waals surface area contributed by atoms with Gasteiger partial charge in [0, 0.05) is 26.3 Å². The van der Waals surface area contributed by atoms with Crippen LogP contribution in [-0.4, -0.2) is 33.2 Å². The molecule has 0 saturated heterocycles. The van der Waals surface area contributed by atoms with Crippen molar-refractivity contribution >= 4 is 11.6 Å². The van der Waals surface area contributed by atoms with Gasteiger partial charge in [-0.1, -0.05) is 45.0 Å². The number of anilines is 1. The molecule has 0 aromatic heterocycles. The van der Waals surface area contributed by atoms with Crippen molar-refractivity contribution in [3.63, 3.8) is 0 Å². The van der Waals surface area contributed by atoms with Gasteiger partial charge in [0.2, 0.25) is 0 Å². The van der Waals surface area contributed by atoms with E-state index in [1.165, 1.54) is 16.8 Å². The molecule has 0 aliphatic rings. The van der Waals surface area contributed by atoms with Gasteiger partial charge in [-0.3, -0.25) is 4.79 Å². The minimum atomic E-state index is -0.102. The van der Waals surface area contributed by atoms with E-state index in [4.69, 9.17) is 4.74 Å². The molecule has 0 unspecified atom stereocenters. The lowest BCUT2D eigenvalue weighted by Crippen LogP contribution is -2.30. The summed E-state index contributed by atoms with van der Waals surface area (Å²) in [6.07, 6.45) is 0.805. The normalized spacial score (nSPS) is 11.1. The summed E-state index contributed by atoms with van der Waals surface area (Å²) in [5, 5.41) is 2.90. The van der Waals surface area contributed by atoms with Gasteiger partial charge in [0.1, 0.15) is 5.75 Å². The predicted octanol–water partition coefficient (Wildman–Crippen LogP) is 3.79. The molecule has 0 atom stereocenters. The van der Waals surface area contributed by atoms with Crippen LogP contribution in [0.25, 0.3) is 0 Å². The predicted molar refractivity (Wildman–Crippen MR) is 108 cm³/mol. The Kier molecular flexibility index (Phi) is 6.67. The average Bonchev–Trinajstić information content (AvgIpc) is 2.60. The third-order valence-electron chi connectivity index (χ3n) is 4.28. The molecule has 4 heteroatoms. The van der Waals surface area contributed by atoms with Gasteiger partial charge in [-0.25, -0.2) is 0 Å². The number of benzene rings is 2. The van der Waals surface area contributed by atoms with Gasteiger partial charge < -0.3 is 15.0 Å². The van der Waals surface area contributed by atoms with Crippen molar-refractivity contribution in [2.45, 2.75) is 32.6 Å². The lowest BCUT2D eigenvalue weighted by molar-refractivity contribution is -0.123. The zero-order valence-corrected chi connectivity index (χ0v) is 16.5. The molecule has 2 aromatic carbocycles. The Labute approximate surface area is 157 Å². The van der Waals surface area contributed by atoms with Crippen LogP contribution < -0.4 is 15.0 Å². The number of carbonyl (C=O) groups is 1. The molecule has 26 heavy (non-hydrogen) atoms. The summed E-state index contributed by atoms with van der Waals surface area (Å²) in [6, 6.07) is 16.3. The first-order chi connectivity index (χ1) is 12.3. The van der Waals surface area contributed by atoms with Crippen molar-refractivity contribution in [3.8, 4) is 5.75 Å². The van der Waals surface area contributed by atoms with Gasteiger partial charge in [-0.15, -0.1) is 0 Å². The highest BCUT2D eigenvalue weighted by Crippen LogP contribution is 2.24. The summed E-state index contributed by atoms with van der Waals surface area (Å²) in [5.41, 5.74) is 3.73. The van der Waals surface area contributed by atoms with Crippen LogP contribution in [0.2, 0.25) is 0 Å². The largest absolute Gasteiger partial charge is 0.484 e. The Hall–Kier alpha value is -2.49. The average molecular weight is 354 g/mol. The molecule has 0 heterocycles. The molecule has 4 nitrogen and oxygen atoms in total. The molecule has 0 bridgehead atoms. The molecule has 0 aliphatic carbocycles. The van der Waals surface area contributed by atoms with Crippen LogP contribution in [0, 0.1) is 0 Å². The summed E-state index contributed by atoms with van der Waals surface area (Å²) in [6.45, 7) is 7.15. The van der Waals surface area contributed by atoms with Crippen molar-refractivity contribution in [3.05, 3.63) is 59.7 Å². The summed E-state index contributed by atoms with van der Waals surface area (Å²) in [7, 11) is 4.04. The van der Waals surface area contributed by atoms with Gasteiger partial charge in [-0.05, 0) is 47.2 Å². The van der Waals surface area contributed by atoms with Crippen LogP contribution in [0.4, 0.5) is 5.69 Å². The Morgan fingerprint density at radius 2 is 1.62 bits per heavy atom. The van der Waals surface area contributed by atoms with Crippen molar-refractivity contribution < 1.29 is 9.53 Å². The third kappa shape index (κ3) is 6.10. The smallest absolute Gasteiger partial charge is 0.257 e. The van der Waals surface area contributed by atoms with E-state index >= 15 is 0 Å². The quantitative estimate of drug-likeness (QED) is 0.822.